The first-order valence-corrected chi connectivity index (χ1v) is 7.24. The molecule has 1 aromatic rings. The Morgan fingerprint density at radius 3 is 2.67 bits per heavy atom. The molecule has 0 aromatic heterocycles. The molecule has 2 N–H and O–H groups in total. The summed E-state index contributed by atoms with van der Waals surface area (Å²) in [5.74, 6) is 0.576. The van der Waals surface area contributed by atoms with Crippen LogP contribution in [0.5, 0.6) is 0 Å². The van der Waals surface area contributed by atoms with Gasteiger partial charge in [-0.25, -0.2) is 0 Å². The molecule has 0 bridgehead atoms. The fourth-order valence-corrected chi connectivity index (χ4v) is 3.01. The molecule has 1 aliphatic rings. The average Bonchev–Trinajstić information content (AvgIpc) is 2.87. The molecule has 5 heteroatoms. The number of likely N-dealkylation sites (tertiary alicyclic amines) is 1. The third-order valence-corrected chi connectivity index (χ3v) is 4.30. The van der Waals surface area contributed by atoms with Gasteiger partial charge in [0.15, 0.2) is 0 Å². The van der Waals surface area contributed by atoms with E-state index in [1.165, 1.54) is 5.56 Å². The summed E-state index contributed by atoms with van der Waals surface area (Å²) in [5, 5.41) is 0. The highest BCUT2D eigenvalue weighted by molar-refractivity contribution is 5.85. The molecule has 1 aromatic carbocycles. The first-order chi connectivity index (χ1) is 9.67. The number of benzene rings is 1. The van der Waals surface area contributed by atoms with Gasteiger partial charge in [0.05, 0.1) is 12.5 Å². The smallest absolute Gasteiger partial charge is 0.225 e. The molecule has 0 radical (unpaired) electrons. The molecular weight excluding hydrogens is 288 g/mol. The Morgan fingerprint density at radius 2 is 2.10 bits per heavy atom. The van der Waals surface area contributed by atoms with Gasteiger partial charge in [0.2, 0.25) is 5.91 Å². The number of amides is 1. The molecule has 21 heavy (non-hydrogen) atoms. The second kappa shape index (κ2) is 8.37. The van der Waals surface area contributed by atoms with E-state index in [0.717, 1.165) is 13.0 Å². The van der Waals surface area contributed by atoms with E-state index in [1.807, 2.05) is 11.0 Å². The minimum Gasteiger partial charge on any atom is -0.380 e. The third kappa shape index (κ3) is 4.19. The molecule has 1 saturated heterocycles. The zero-order valence-electron chi connectivity index (χ0n) is 12.7. The number of rotatable bonds is 5. The topological polar surface area (TPSA) is 55.6 Å². The Morgan fingerprint density at radius 1 is 1.43 bits per heavy atom. The maximum atomic E-state index is 12.4. The SMILES string of the molecule is COC(CN)CC(=O)N1CCC(c2ccccc2)C1C.Cl. The van der Waals surface area contributed by atoms with Gasteiger partial charge in [0.1, 0.15) is 0 Å². The van der Waals surface area contributed by atoms with Crippen LogP contribution in [0.2, 0.25) is 0 Å². The number of nitrogens with two attached hydrogens (primary N) is 1. The predicted molar refractivity (Wildman–Crippen MR) is 86.7 cm³/mol. The van der Waals surface area contributed by atoms with Gasteiger partial charge in [-0.15, -0.1) is 12.4 Å². The number of methoxy groups -OCH3 is 1. The van der Waals surface area contributed by atoms with Crippen LogP contribution >= 0.6 is 12.4 Å². The van der Waals surface area contributed by atoms with Crippen molar-refractivity contribution in [2.45, 2.75) is 37.8 Å². The lowest BCUT2D eigenvalue weighted by atomic mass is 9.93. The number of hydrogen-bond donors (Lipinski definition) is 1. The van der Waals surface area contributed by atoms with E-state index in [1.54, 1.807) is 7.11 Å². The molecule has 2 rings (SSSR count). The average molecular weight is 313 g/mol. The van der Waals surface area contributed by atoms with Crippen LogP contribution in [0, 0.1) is 0 Å². The van der Waals surface area contributed by atoms with Crippen LogP contribution in [0.15, 0.2) is 30.3 Å². The van der Waals surface area contributed by atoms with Gasteiger partial charge in [-0.3, -0.25) is 4.79 Å². The highest BCUT2D eigenvalue weighted by Gasteiger charge is 2.34. The van der Waals surface area contributed by atoms with E-state index in [0.29, 0.717) is 18.9 Å². The van der Waals surface area contributed by atoms with Crippen molar-refractivity contribution in [3.05, 3.63) is 35.9 Å². The summed E-state index contributed by atoms with van der Waals surface area (Å²) >= 11 is 0. The summed E-state index contributed by atoms with van der Waals surface area (Å²) in [7, 11) is 1.60. The first kappa shape index (κ1) is 18.0. The second-order valence-electron chi connectivity index (χ2n) is 5.43. The highest BCUT2D eigenvalue weighted by Crippen LogP contribution is 2.33. The normalized spacial score (nSPS) is 22.7. The molecule has 3 unspecified atom stereocenters. The summed E-state index contributed by atoms with van der Waals surface area (Å²) in [6.45, 7) is 3.33. The molecule has 1 heterocycles. The van der Waals surface area contributed by atoms with Crippen LogP contribution in [0.3, 0.4) is 0 Å². The van der Waals surface area contributed by atoms with Crippen molar-refractivity contribution in [3.63, 3.8) is 0 Å². The predicted octanol–water partition coefficient (Wildman–Crippen LogP) is 2.18. The summed E-state index contributed by atoms with van der Waals surface area (Å²) in [6, 6.07) is 10.7. The Balaban J connectivity index is 0.00000220. The van der Waals surface area contributed by atoms with Gasteiger partial charge in [-0.05, 0) is 18.9 Å². The van der Waals surface area contributed by atoms with Crippen LogP contribution in [-0.2, 0) is 9.53 Å². The Labute approximate surface area is 133 Å². The van der Waals surface area contributed by atoms with E-state index in [9.17, 15) is 4.79 Å². The molecule has 4 nitrogen and oxygen atoms in total. The van der Waals surface area contributed by atoms with Gasteiger partial charge in [0, 0.05) is 32.2 Å². The molecule has 0 aliphatic carbocycles. The van der Waals surface area contributed by atoms with E-state index in [4.69, 9.17) is 10.5 Å². The van der Waals surface area contributed by atoms with E-state index in [-0.39, 0.29) is 30.5 Å². The lowest BCUT2D eigenvalue weighted by molar-refractivity contribution is -0.134. The molecule has 0 spiro atoms. The Bertz CT molecular complexity index is 437. The third-order valence-electron chi connectivity index (χ3n) is 4.30. The number of nitrogens with zero attached hydrogens (tertiary/aromatic N) is 1. The molecule has 118 valence electrons. The number of carbonyl (C=O) groups is 1. The molecule has 3 atom stereocenters. The summed E-state index contributed by atoms with van der Waals surface area (Å²) < 4.78 is 5.20. The molecule has 1 aliphatic heterocycles. The van der Waals surface area contributed by atoms with Crippen molar-refractivity contribution in [2.75, 3.05) is 20.2 Å². The molecular formula is C16H25ClN2O2. The quantitative estimate of drug-likeness (QED) is 0.906. The van der Waals surface area contributed by atoms with E-state index in [2.05, 4.69) is 31.2 Å². The van der Waals surface area contributed by atoms with E-state index < -0.39 is 0 Å². The lowest BCUT2D eigenvalue weighted by Gasteiger charge is -2.26. The van der Waals surface area contributed by atoms with Gasteiger partial charge in [0.25, 0.3) is 0 Å². The fraction of sp³-hybridized carbons (Fsp3) is 0.562. The molecule has 1 fully saturated rings. The molecule has 0 saturated carbocycles. The fourth-order valence-electron chi connectivity index (χ4n) is 3.01. The molecule has 1 amide bonds. The monoisotopic (exact) mass is 312 g/mol. The van der Waals surface area contributed by atoms with Crippen molar-refractivity contribution in [1.29, 1.82) is 0 Å². The Hall–Kier alpha value is -1.10. The van der Waals surface area contributed by atoms with E-state index >= 15 is 0 Å². The Kier molecular flexibility index (Phi) is 7.15. The zero-order chi connectivity index (χ0) is 14.5. The summed E-state index contributed by atoms with van der Waals surface area (Å²) in [5.41, 5.74) is 6.90. The van der Waals surface area contributed by atoms with Crippen molar-refractivity contribution >= 4 is 18.3 Å². The van der Waals surface area contributed by atoms with Crippen molar-refractivity contribution in [3.8, 4) is 0 Å². The number of hydrogen-bond acceptors (Lipinski definition) is 3. The summed E-state index contributed by atoms with van der Waals surface area (Å²) in [4.78, 5) is 14.3. The largest absolute Gasteiger partial charge is 0.380 e. The van der Waals surface area contributed by atoms with Crippen molar-refractivity contribution in [1.82, 2.24) is 4.90 Å². The van der Waals surface area contributed by atoms with Crippen LogP contribution < -0.4 is 5.73 Å². The maximum absolute atomic E-state index is 12.4. The van der Waals surface area contributed by atoms with Gasteiger partial charge in [-0.1, -0.05) is 30.3 Å². The number of carbonyl (C=O) groups excluding carboxylic acids is 1. The van der Waals surface area contributed by atoms with Crippen LogP contribution in [0.4, 0.5) is 0 Å². The number of halogens is 1. The van der Waals surface area contributed by atoms with Gasteiger partial charge >= 0.3 is 0 Å². The lowest BCUT2D eigenvalue weighted by Crippen LogP contribution is -2.39. The van der Waals surface area contributed by atoms with Crippen LogP contribution in [-0.4, -0.2) is 43.2 Å². The maximum Gasteiger partial charge on any atom is 0.225 e. The van der Waals surface area contributed by atoms with Crippen molar-refractivity contribution in [2.24, 2.45) is 5.73 Å². The second-order valence-corrected chi connectivity index (χ2v) is 5.43. The van der Waals surface area contributed by atoms with Gasteiger partial charge in [-0.2, -0.15) is 0 Å². The number of ether oxygens (including phenoxy) is 1. The summed E-state index contributed by atoms with van der Waals surface area (Å²) in [6.07, 6.45) is 1.22. The van der Waals surface area contributed by atoms with Crippen LogP contribution in [0.1, 0.15) is 31.2 Å². The highest BCUT2D eigenvalue weighted by atomic mass is 35.5. The van der Waals surface area contributed by atoms with Crippen LogP contribution in [0.25, 0.3) is 0 Å². The first-order valence-electron chi connectivity index (χ1n) is 7.24. The van der Waals surface area contributed by atoms with Gasteiger partial charge < -0.3 is 15.4 Å². The zero-order valence-corrected chi connectivity index (χ0v) is 13.5. The van der Waals surface area contributed by atoms with Crippen molar-refractivity contribution < 1.29 is 9.53 Å². The standard InChI is InChI=1S/C16H24N2O2.ClH/c1-12-15(13-6-4-3-5-7-13)8-9-18(12)16(19)10-14(11-17)20-2;/h3-7,12,14-15H,8-11,17H2,1-2H3;1H. The minimum absolute atomic E-state index is 0. The minimum atomic E-state index is -0.175.